The maximum Gasteiger partial charge on any atom is 0.310 e. The highest BCUT2D eigenvalue weighted by Gasteiger charge is 2.60. The lowest BCUT2D eigenvalue weighted by molar-refractivity contribution is -0.163. The standard InChI is InChI=1S/C35H58O6/c1-23(2)7-6-8-24(3)28-11-12-29-27-10-9-25-21-26(13-15-33(25,4)30(27)14-16-34(28,29)5)35(32(39)40,22-31(37)38)17-19-41-20-18-36/h9,23-24,26-30,36H,6-8,10-22H2,1-5H3,(H,37,38)(H,39,40)/t24-,26?,27?,28-,29?,30?,33+,34-,35?/m1/s1. The molecular weight excluding hydrogens is 516 g/mol. The van der Waals surface area contributed by atoms with Crippen molar-refractivity contribution in [3.05, 3.63) is 11.6 Å². The number of fused-ring (bicyclic) bond motifs is 5. The fourth-order valence-electron chi connectivity index (χ4n) is 10.6. The van der Waals surface area contributed by atoms with Crippen LogP contribution in [-0.2, 0) is 14.3 Å². The molecule has 0 bridgehead atoms. The van der Waals surface area contributed by atoms with Gasteiger partial charge in [-0.1, -0.05) is 65.5 Å². The first-order valence-corrected chi connectivity index (χ1v) is 16.7. The number of aliphatic carboxylic acids is 2. The molecule has 4 rings (SSSR count). The van der Waals surface area contributed by atoms with E-state index in [9.17, 15) is 19.8 Å². The molecule has 234 valence electrons. The zero-order valence-corrected chi connectivity index (χ0v) is 26.5. The Morgan fingerprint density at radius 3 is 2.44 bits per heavy atom. The average Bonchev–Trinajstić information content (AvgIpc) is 3.26. The first-order chi connectivity index (χ1) is 19.4. The molecule has 0 aromatic rings. The summed E-state index contributed by atoms with van der Waals surface area (Å²) in [6.07, 6.45) is 15.0. The van der Waals surface area contributed by atoms with Gasteiger partial charge in [0.05, 0.1) is 25.0 Å². The molecule has 3 N–H and O–H groups in total. The number of hydrogen-bond donors (Lipinski definition) is 3. The van der Waals surface area contributed by atoms with E-state index in [0.29, 0.717) is 23.7 Å². The Labute approximate surface area is 248 Å². The first kappa shape index (κ1) is 32.5. The van der Waals surface area contributed by atoms with Gasteiger partial charge in [-0.25, -0.2) is 0 Å². The number of aliphatic hydroxyl groups excluding tert-OH is 1. The van der Waals surface area contributed by atoms with Crippen LogP contribution in [0, 0.1) is 57.7 Å². The third-order valence-corrected chi connectivity index (χ3v) is 12.9. The minimum atomic E-state index is -1.35. The molecule has 0 radical (unpaired) electrons. The van der Waals surface area contributed by atoms with Crippen LogP contribution in [0.15, 0.2) is 11.6 Å². The van der Waals surface area contributed by atoms with E-state index in [1.54, 1.807) is 0 Å². The number of carboxylic acid groups (broad SMARTS) is 2. The highest BCUT2D eigenvalue weighted by molar-refractivity contribution is 5.82. The van der Waals surface area contributed by atoms with Crippen molar-refractivity contribution in [2.75, 3.05) is 19.8 Å². The summed E-state index contributed by atoms with van der Waals surface area (Å²) < 4.78 is 5.44. The molecule has 3 fully saturated rings. The molecule has 0 aliphatic heterocycles. The zero-order valence-electron chi connectivity index (χ0n) is 26.5. The van der Waals surface area contributed by atoms with E-state index in [-0.39, 0.29) is 44.0 Å². The fourth-order valence-corrected chi connectivity index (χ4v) is 10.6. The minimum Gasteiger partial charge on any atom is -0.481 e. The highest BCUT2D eigenvalue weighted by Crippen LogP contribution is 2.68. The van der Waals surface area contributed by atoms with Crippen LogP contribution in [0.2, 0.25) is 0 Å². The molecule has 9 atom stereocenters. The SMILES string of the molecule is CC(C)CCC[C@@H](C)[C@H]1CCC2C3CC=C4CC(C(CCOCCO)(CC(=O)O)C(=O)O)CC[C@]4(C)C3CC[C@@]21C. The van der Waals surface area contributed by atoms with Crippen molar-refractivity contribution in [1.29, 1.82) is 0 Å². The van der Waals surface area contributed by atoms with Gasteiger partial charge in [-0.2, -0.15) is 0 Å². The Morgan fingerprint density at radius 2 is 1.78 bits per heavy atom. The first-order valence-electron chi connectivity index (χ1n) is 16.7. The van der Waals surface area contributed by atoms with E-state index in [4.69, 9.17) is 9.84 Å². The molecule has 0 heterocycles. The molecule has 0 spiro atoms. The largest absolute Gasteiger partial charge is 0.481 e. The summed E-state index contributed by atoms with van der Waals surface area (Å²) in [5.41, 5.74) is 0.562. The van der Waals surface area contributed by atoms with Crippen molar-refractivity contribution in [2.24, 2.45) is 57.7 Å². The van der Waals surface area contributed by atoms with Crippen LogP contribution in [0.5, 0.6) is 0 Å². The Balaban J connectivity index is 1.51. The summed E-state index contributed by atoms with van der Waals surface area (Å²) in [7, 11) is 0. The molecule has 0 aromatic heterocycles. The Hall–Kier alpha value is -1.40. The van der Waals surface area contributed by atoms with E-state index in [0.717, 1.165) is 42.9 Å². The lowest BCUT2D eigenvalue weighted by atomic mass is 9.45. The molecule has 4 aliphatic carbocycles. The molecule has 41 heavy (non-hydrogen) atoms. The number of rotatable bonds is 14. The molecule has 4 aliphatic rings. The second kappa shape index (κ2) is 13.1. The van der Waals surface area contributed by atoms with Crippen LogP contribution in [0.3, 0.4) is 0 Å². The van der Waals surface area contributed by atoms with Gasteiger partial charge in [0.15, 0.2) is 0 Å². The van der Waals surface area contributed by atoms with Gasteiger partial charge >= 0.3 is 11.9 Å². The van der Waals surface area contributed by atoms with Gasteiger partial charge in [0, 0.05) is 6.61 Å². The zero-order chi connectivity index (χ0) is 30.0. The summed E-state index contributed by atoms with van der Waals surface area (Å²) >= 11 is 0. The number of aliphatic hydroxyl groups is 1. The van der Waals surface area contributed by atoms with E-state index >= 15 is 0 Å². The molecule has 5 unspecified atom stereocenters. The smallest absolute Gasteiger partial charge is 0.310 e. The van der Waals surface area contributed by atoms with Crippen molar-refractivity contribution in [3.63, 3.8) is 0 Å². The quantitative estimate of drug-likeness (QED) is 0.146. The Bertz CT molecular complexity index is 958. The molecule has 3 saturated carbocycles. The van der Waals surface area contributed by atoms with Crippen LogP contribution in [0.4, 0.5) is 0 Å². The van der Waals surface area contributed by atoms with Gasteiger partial charge in [-0.15, -0.1) is 0 Å². The van der Waals surface area contributed by atoms with Gasteiger partial charge < -0.3 is 20.1 Å². The maximum absolute atomic E-state index is 12.7. The van der Waals surface area contributed by atoms with Gasteiger partial charge in [-0.05, 0) is 110 Å². The van der Waals surface area contributed by atoms with Crippen molar-refractivity contribution in [2.45, 2.75) is 118 Å². The summed E-state index contributed by atoms with van der Waals surface area (Å²) in [6, 6.07) is 0. The monoisotopic (exact) mass is 574 g/mol. The summed E-state index contributed by atoms with van der Waals surface area (Å²) in [5, 5.41) is 29.3. The average molecular weight is 575 g/mol. The fraction of sp³-hybridized carbons (Fsp3) is 0.886. The predicted octanol–water partition coefficient (Wildman–Crippen LogP) is 7.59. The number of hydrogen-bond acceptors (Lipinski definition) is 4. The van der Waals surface area contributed by atoms with Crippen LogP contribution < -0.4 is 0 Å². The van der Waals surface area contributed by atoms with Crippen LogP contribution >= 0.6 is 0 Å². The lowest BCUT2D eigenvalue weighted by Crippen LogP contribution is -2.52. The number of carbonyl (C=O) groups is 2. The molecule has 0 amide bonds. The highest BCUT2D eigenvalue weighted by atomic mass is 16.5. The summed E-state index contributed by atoms with van der Waals surface area (Å²) in [4.78, 5) is 24.7. The van der Waals surface area contributed by atoms with E-state index in [1.807, 2.05) is 0 Å². The second-order valence-corrected chi connectivity index (χ2v) is 15.3. The minimum absolute atomic E-state index is 0.0859. The lowest BCUT2D eigenvalue weighted by Gasteiger charge is -2.59. The molecule has 0 aromatic carbocycles. The number of carboxylic acids is 2. The van der Waals surface area contributed by atoms with Crippen LogP contribution in [0.25, 0.3) is 0 Å². The Kier molecular flexibility index (Phi) is 10.4. The van der Waals surface area contributed by atoms with Gasteiger partial charge in [-0.3, -0.25) is 9.59 Å². The topological polar surface area (TPSA) is 104 Å². The summed E-state index contributed by atoms with van der Waals surface area (Å²) in [6.45, 7) is 12.4. The molecule has 0 saturated heterocycles. The van der Waals surface area contributed by atoms with Crippen LogP contribution in [-0.4, -0.2) is 47.1 Å². The van der Waals surface area contributed by atoms with Crippen molar-refractivity contribution in [3.8, 4) is 0 Å². The van der Waals surface area contributed by atoms with Crippen LogP contribution in [0.1, 0.15) is 118 Å². The maximum atomic E-state index is 12.7. The Morgan fingerprint density at radius 1 is 1.02 bits per heavy atom. The predicted molar refractivity (Wildman–Crippen MR) is 161 cm³/mol. The molecule has 6 heteroatoms. The second-order valence-electron chi connectivity index (χ2n) is 15.3. The van der Waals surface area contributed by atoms with Crippen molar-refractivity contribution < 1.29 is 29.6 Å². The van der Waals surface area contributed by atoms with Gasteiger partial charge in [0.2, 0.25) is 0 Å². The van der Waals surface area contributed by atoms with Crippen molar-refractivity contribution in [1.82, 2.24) is 0 Å². The third kappa shape index (κ3) is 6.30. The van der Waals surface area contributed by atoms with Gasteiger partial charge in [0.1, 0.15) is 0 Å². The summed E-state index contributed by atoms with van der Waals surface area (Å²) in [5.74, 6) is 2.22. The van der Waals surface area contributed by atoms with E-state index in [1.165, 1.54) is 50.5 Å². The van der Waals surface area contributed by atoms with Gasteiger partial charge in [0.25, 0.3) is 0 Å². The van der Waals surface area contributed by atoms with E-state index in [2.05, 4.69) is 40.7 Å². The normalized spacial score (nSPS) is 37.0. The molecular formula is C35H58O6. The third-order valence-electron chi connectivity index (χ3n) is 12.9. The number of allylic oxidation sites excluding steroid dienone is 2. The van der Waals surface area contributed by atoms with E-state index < -0.39 is 17.4 Å². The molecule has 6 nitrogen and oxygen atoms in total. The number of ether oxygens (including phenoxy) is 1. The van der Waals surface area contributed by atoms with Crippen molar-refractivity contribution >= 4 is 11.9 Å².